The van der Waals surface area contributed by atoms with Crippen molar-refractivity contribution in [3.05, 3.63) is 51.8 Å². The SMILES string of the molecule is Cc1nnccc1NC(=O)c1cc(Cl)ccc1Cl. The van der Waals surface area contributed by atoms with Crippen molar-refractivity contribution in [2.45, 2.75) is 6.92 Å². The standard InChI is InChI=1S/C12H9Cl2N3O/c1-7-11(4-5-15-17-7)16-12(18)9-6-8(13)2-3-10(9)14/h2-6H,1H3,(H,15,16,18). The number of nitrogens with zero attached hydrogens (tertiary/aromatic N) is 2. The summed E-state index contributed by atoms with van der Waals surface area (Å²) >= 11 is 11.8. The Morgan fingerprint density at radius 1 is 1.28 bits per heavy atom. The number of aryl methyl sites for hydroxylation is 1. The number of halogens is 2. The Labute approximate surface area is 114 Å². The van der Waals surface area contributed by atoms with Gasteiger partial charge in [-0.05, 0) is 31.2 Å². The highest BCUT2D eigenvalue weighted by Crippen LogP contribution is 2.22. The van der Waals surface area contributed by atoms with Crippen LogP contribution in [0.25, 0.3) is 0 Å². The Bertz CT molecular complexity index is 602. The van der Waals surface area contributed by atoms with Gasteiger partial charge in [-0.25, -0.2) is 0 Å². The molecule has 2 aromatic rings. The van der Waals surface area contributed by atoms with E-state index in [2.05, 4.69) is 15.5 Å². The summed E-state index contributed by atoms with van der Waals surface area (Å²) in [5.41, 5.74) is 1.54. The van der Waals surface area contributed by atoms with E-state index in [1.54, 1.807) is 25.1 Å². The predicted molar refractivity (Wildman–Crippen MR) is 71.2 cm³/mol. The Balaban J connectivity index is 2.28. The summed E-state index contributed by atoms with van der Waals surface area (Å²) in [6.07, 6.45) is 1.50. The van der Waals surface area contributed by atoms with Crippen LogP contribution in [0.2, 0.25) is 10.0 Å². The van der Waals surface area contributed by atoms with E-state index in [0.717, 1.165) is 0 Å². The maximum absolute atomic E-state index is 12.0. The minimum atomic E-state index is -0.335. The number of aromatic nitrogens is 2. The van der Waals surface area contributed by atoms with Crippen molar-refractivity contribution in [3.63, 3.8) is 0 Å². The number of hydrogen-bond donors (Lipinski definition) is 1. The number of rotatable bonds is 2. The molecule has 0 saturated carbocycles. The van der Waals surface area contributed by atoms with Crippen LogP contribution < -0.4 is 5.32 Å². The van der Waals surface area contributed by atoms with Gasteiger partial charge in [0, 0.05) is 5.02 Å². The van der Waals surface area contributed by atoms with Gasteiger partial charge < -0.3 is 5.32 Å². The molecule has 0 radical (unpaired) electrons. The van der Waals surface area contributed by atoms with Crippen LogP contribution in [-0.2, 0) is 0 Å². The number of nitrogens with one attached hydrogen (secondary N) is 1. The van der Waals surface area contributed by atoms with Gasteiger partial charge in [0.1, 0.15) is 0 Å². The van der Waals surface area contributed by atoms with E-state index in [9.17, 15) is 4.79 Å². The van der Waals surface area contributed by atoms with Crippen LogP contribution in [0.1, 0.15) is 16.1 Å². The number of carbonyl (C=O) groups excluding carboxylic acids is 1. The van der Waals surface area contributed by atoms with Gasteiger partial charge in [0.25, 0.3) is 5.91 Å². The summed E-state index contributed by atoms with van der Waals surface area (Å²) in [7, 11) is 0. The molecule has 1 aromatic carbocycles. The minimum absolute atomic E-state index is 0.320. The highest BCUT2D eigenvalue weighted by molar-refractivity contribution is 6.36. The van der Waals surface area contributed by atoms with E-state index in [-0.39, 0.29) is 5.91 Å². The van der Waals surface area contributed by atoms with E-state index < -0.39 is 0 Å². The molecule has 1 heterocycles. The Kier molecular flexibility index (Phi) is 3.79. The molecule has 0 bridgehead atoms. The Hall–Kier alpha value is -1.65. The summed E-state index contributed by atoms with van der Waals surface area (Å²) < 4.78 is 0. The molecule has 4 nitrogen and oxygen atoms in total. The fourth-order valence-electron chi connectivity index (χ4n) is 1.40. The summed E-state index contributed by atoms with van der Waals surface area (Å²) in [6, 6.07) is 6.39. The number of amides is 1. The molecular weight excluding hydrogens is 273 g/mol. The minimum Gasteiger partial charge on any atom is -0.320 e. The highest BCUT2D eigenvalue weighted by Gasteiger charge is 2.12. The third kappa shape index (κ3) is 2.78. The second-order valence-electron chi connectivity index (χ2n) is 3.61. The molecule has 2 rings (SSSR count). The van der Waals surface area contributed by atoms with Crippen LogP contribution in [0, 0.1) is 6.92 Å². The molecule has 92 valence electrons. The van der Waals surface area contributed by atoms with Crippen molar-refractivity contribution in [3.8, 4) is 0 Å². The maximum Gasteiger partial charge on any atom is 0.257 e. The summed E-state index contributed by atoms with van der Waals surface area (Å²) in [6.45, 7) is 1.75. The molecule has 0 aliphatic heterocycles. The third-order valence-corrected chi connectivity index (χ3v) is 2.89. The lowest BCUT2D eigenvalue weighted by Gasteiger charge is -2.08. The van der Waals surface area contributed by atoms with E-state index >= 15 is 0 Å². The summed E-state index contributed by atoms with van der Waals surface area (Å²) in [5, 5.41) is 11.1. The van der Waals surface area contributed by atoms with Crippen LogP contribution in [0.3, 0.4) is 0 Å². The van der Waals surface area contributed by atoms with Crippen molar-refractivity contribution in [2.24, 2.45) is 0 Å². The molecule has 6 heteroatoms. The van der Waals surface area contributed by atoms with Crippen LogP contribution in [-0.4, -0.2) is 16.1 Å². The van der Waals surface area contributed by atoms with Gasteiger partial charge in [0.2, 0.25) is 0 Å². The number of benzene rings is 1. The van der Waals surface area contributed by atoms with E-state index in [0.29, 0.717) is 27.0 Å². The molecule has 0 fully saturated rings. The van der Waals surface area contributed by atoms with Gasteiger partial charge in [-0.1, -0.05) is 23.2 Å². The van der Waals surface area contributed by atoms with Crippen LogP contribution in [0.15, 0.2) is 30.5 Å². The first-order chi connectivity index (χ1) is 8.58. The van der Waals surface area contributed by atoms with Crippen molar-refractivity contribution >= 4 is 34.8 Å². The largest absolute Gasteiger partial charge is 0.320 e. The Morgan fingerprint density at radius 2 is 2.06 bits per heavy atom. The van der Waals surface area contributed by atoms with Gasteiger partial charge >= 0.3 is 0 Å². The molecular formula is C12H9Cl2N3O. The molecule has 1 amide bonds. The molecule has 0 spiro atoms. The van der Waals surface area contributed by atoms with Crippen molar-refractivity contribution in [1.82, 2.24) is 10.2 Å². The highest BCUT2D eigenvalue weighted by atomic mass is 35.5. The van der Waals surface area contributed by atoms with Gasteiger partial charge in [0.05, 0.1) is 28.2 Å². The predicted octanol–water partition coefficient (Wildman–Crippen LogP) is 3.34. The first-order valence-electron chi connectivity index (χ1n) is 5.12. The molecule has 1 N–H and O–H groups in total. The van der Waals surface area contributed by atoms with E-state index in [1.807, 2.05) is 0 Å². The lowest BCUT2D eigenvalue weighted by atomic mass is 10.2. The summed E-state index contributed by atoms with van der Waals surface area (Å²) in [4.78, 5) is 12.0. The normalized spacial score (nSPS) is 10.2. The van der Waals surface area contributed by atoms with Crippen LogP contribution >= 0.6 is 23.2 Å². The molecule has 0 saturated heterocycles. The molecule has 0 aliphatic carbocycles. The van der Waals surface area contributed by atoms with Crippen molar-refractivity contribution in [2.75, 3.05) is 5.32 Å². The van der Waals surface area contributed by atoms with Gasteiger partial charge in [-0.2, -0.15) is 10.2 Å². The lowest BCUT2D eigenvalue weighted by Crippen LogP contribution is -2.14. The topological polar surface area (TPSA) is 54.9 Å². The zero-order valence-electron chi connectivity index (χ0n) is 9.45. The average Bonchev–Trinajstić information content (AvgIpc) is 2.35. The monoisotopic (exact) mass is 281 g/mol. The number of hydrogen-bond acceptors (Lipinski definition) is 3. The number of anilines is 1. The van der Waals surface area contributed by atoms with Gasteiger partial charge in [0.15, 0.2) is 0 Å². The van der Waals surface area contributed by atoms with Gasteiger partial charge in [-0.15, -0.1) is 0 Å². The third-order valence-electron chi connectivity index (χ3n) is 2.33. The first-order valence-corrected chi connectivity index (χ1v) is 5.88. The Morgan fingerprint density at radius 3 is 2.78 bits per heavy atom. The van der Waals surface area contributed by atoms with E-state index in [1.165, 1.54) is 12.3 Å². The van der Waals surface area contributed by atoms with Crippen LogP contribution in [0.4, 0.5) is 5.69 Å². The summed E-state index contributed by atoms with van der Waals surface area (Å²) in [5.74, 6) is -0.335. The smallest absolute Gasteiger partial charge is 0.257 e. The average molecular weight is 282 g/mol. The van der Waals surface area contributed by atoms with Gasteiger partial charge in [-0.3, -0.25) is 4.79 Å². The second-order valence-corrected chi connectivity index (χ2v) is 4.45. The molecule has 18 heavy (non-hydrogen) atoms. The quantitative estimate of drug-likeness (QED) is 0.919. The fraction of sp³-hybridized carbons (Fsp3) is 0.0833. The zero-order chi connectivity index (χ0) is 13.1. The van der Waals surface area contributed by atoms with Crippen molar-refractivity contribution in [1.29, 1.82) is 0 Å². The number of carbonyl (C=O) groups is 1. The lowest BCUT2D eigenvalue weighted by molar-refractivity contribution is 0.102. The van der Waals surface area contributed by atoms with Crippen molar-refractivity contribution < 1.29 is 4.79 Å². The maximum atomic E-state index is 12.0. The zero-order valence-corrected chi connectivity index (χ0v) is 11.0. The molecule has 1 aromatic heterocycles. The first kappa shape index (κ1) is 12.8. The molecule has 0 atom stereocenters. The fourth-order valence-corrected chi connectivity index (χ4v) is 1.77. The molecule has 0 unspecified atom stereocenters. The molecule has 0 aliphatic rings. The van der Waals surface area contributed by atoms with E-state index in [4.69, 9.17) is 23.2 Å². The van der Waals surface area contributed by atoms with Crippen LogP contribution in [0.5, 0.6) is 0 Å². The second kappa shape index (κ2) is 5.33.